The van der Waals surface area contributed by atoms with E-state index in [2.05, 4.69) is 10.1 Å². The maximum atomic E-state index is 11.0. The van der Waals surface area contributed by atoms with E-state index in [0.717, 1.165) is 0 Å². The Balaban J connectivity index is 0. The summed E-state index contributed by atoms with van der Waals surface area (Å²) in [6, 6.07) is 0. The molecule has 27 nitrogen and oxygen atoms in total. The number of hydrogen-bond acceptors (Lipinski definition) is 22. The maximum Gasteiger partial charge on any atom is 0.369 e. The molecular formula is C21H49N2O25P4-3. The predicted octanol–water partition coefficient (Wildman–Crippen LogP) is -9.60. The summed E-state index contributed by atoms with van der Waals surface area (Å²) in [5, 5.41) is 96.5. The van der Waals surface area contributed by atoms with Gasteiger partial charge in [0.15, 0.2) is 19.0 Å². The highest BCUT2D eigenvalue weighted by Crippen LogP contribution is 2.69. The zero-order valence-corrected chi connectivity index (χ0v) is 29.7. The lowest BCUT2D eigenvalue weighted by atomic mass is 9.98. The van der Waals surface area contributed by atoms with Crippen LogP contribution in [0.5, 0.6) is 0 Å². The summed E-state index contributed by atoms with van der Waals surface area (Å²) < 4.78 is 53.0. The lowest BCUT2D eigenvalue weighted by Crippen LogP contribution is -2.62. The predicted molar refractivity (Wildman–Crippen MR) is 163 cm³/mol. The molecule has 12 unspecified atom stereocenters. The van der Waals surface area contributed by atoms with E-state index < -0.39 is 134 Å². The van der Waals surface area contributed by atoms with Crippen molar-refractivity contribution in [3.8, 4) is 0 Å². The summed E-state index contributed by atoms with van der Waals surface area (Å²) in [4.78, 5) is 76.2. The second kappa shape index (κ2) is 21.5. The minimum atomic E-state index is -6.11. The monoisotopic (exact) mass is 853 g/mol. The lowest BCUT2D eigenvalue weighted by molar-refractivity contribution is -0.328. The Morgan fingerprint density at radius 1 is 0.635 bits per heavy atom. The summed E-state index contributed by atoms with van der Waals surface area (Å²) in [6.07, 6.45) is -16.9. The van der Waals surface area contributed by atoms with E-state index in [4.69, 9.17) is 65.6 Å². The number of ether oxygens (including phenoxy) is 2. The summed E-state index contributed by atoms with van der Waals surface area (Å²) >= 11 is 0. The Labute approximate surface area is 295 Å². The summed E-state index contributed by atoms with van der Waals surface area (Å²) in [5.41, 5.74) is 5.01. The molecule has 2 heterocycles. The molecule has 0 radical (unpaired) electrons. The molecule has 0 saturated carbocycles. The van der Waals surface area contributed by atoms with Crippen LogP contribution in [0.2, 0.25) is 0 Å². The van der Waals surface area contributed by atoms with Crippen LogP contribution < -0.4 is 25.7 Å². The highest BCUT2D eigenvalue weighted by atomic mass is 31.2. The molecule has 31 heteroatoms. The Hall–Kier alpha value is -0.0000000000000000139. The third-order valence-corrected chi connectivity index (χ3v) is 14.9. The van der Waals surface area contributed by atoms with E-state index in [0.29, 0.717) is 0 Å². The standard InChI is InChI=1S/C10H23NO12P2.C6H12O6.C4H13NO7P2.CH4/c12-4-5-6(13)7(14)8(15)9(23-5)11-3-1-2-10(16,24(17,18)19)25(20,21)22;7-1-2-3(8)4(9)5(10)6(11)12-2;5-3-1-2-4(6,13(7,8)9)14(10,11)12;/h5-9,11-16H,1-4H2,(H2,17,18,19)(H2,20,21,22);2-11H,1H2;6H,1-3,5H2,(H2,7,8,9)(H2,10,11,12);1H4/p-3. The molecule has 0 aromatic heterocycles. The Morgan fingerprint density at radius 2 is 1.04 bits per heavy atom. The number of hydrogen-bond donors (Lipinski definition) is 18. The first kappa shape index (κ1) is 54.1. The molecule has 0 amide bonds. The zero-order valence-electron chi connectivity index (χ0n) is 26.1. The fourth-order valence-electron chi connectivity index (χ4n) is 4.16. The third kappa shape index (κ3) is 13.9. The second-order valence-electron chi connectivity index (χ2n) is 11.1. The zero-order chi connectivity index (χ0) is 40.6. The second-order valence-corrected chi connectivity index (χ2v) is 19.0. The molecule has 0 bridgehead atoms. The Morgan fingerprint density at radius 3 is 1.40 bits per heavy atom. The molecule has 0 aliphatic carbocycles. The van der Waals surface area contributed by atoms with E-state index in [-0.39, 0.29) is 26.9 Å². The van der Waals surface area contributed by atoms with Crippen molar-refractivity contribution in [2.24, 2.45) is 5.73 Å². The van der Waals surface area contributed by atoms with Crippen molar-refractivity contribution in [2.45, 2.75) is 105 Å². The van der Waals surface area contributed by atoms with Crippen molar-refractivity contribution in [3.05, 3.63) is 0 Å². The molecule has 19 N–H and O–H groups in total. The molecule has 0 aromatic carbocycles. The summed E-state index contributed by atoms with van der Waals surface area (Å²) in [6.45, 7) is -1.56. The summed E-state index contributed by atoms with van der Waals surface area (Å²) in [5.74, 6) is 0. The van der Waals surface area contributed by atoms with Gasteiger partial charge in [-0.2, -0.15) is 0 Å². The van der Waals surface area contributed by atoms with E-state index in [9.17, 15) is 58.5 Å². The minimum Gasteiger partial charge on any atom is -0.808 e. The molecule has 316 valence electrons. The van der Waals surface area contributed by atoms with Crippen LogP contribution in [0, 0.1) is 0 Å². The van der Waals surface area contributed by atoms with Crippen LogP contribution in [-0.2, 0) is 27.7 Å². The normalized spacial score (nSPS) is 32.5. The van der Waals surface area contributed by atoms with Crippen LogP contribution in [-0.4, -0.2) is 178 Å². The molecule has 2 fully saturated rings. The van der Waals surface area contributed by atoms with Gasteiger partial charge >= 0.3 is 15.2 Å². The van der Waals surface area contributed by atoms with Crippen molar-refractivity contribution in [3.63, 3.8) is 0 Å². The van der Waals surface area contributed by atoms with Gasteiger partial charge in [0.1, 0.15) is 55.1 Å². The Kier molecular flexibility index (Phi) is 22.4. The molecule has 2 saturated heterocycles. The highest BCUT2D eigenvalue weighted by molar-refractivity contribution is 7.72. The van der Waals surface area contributed by atoms with Crippen LogP contribution in [0.4, 0.5) is 0 Å². The van der Waals surface area contributed by atoms with Gasteiger partial charge in [-0.15, -0.1) is 0 Å². The average Bonchev–Trinajstić information content (AvgIpc) is 3.00. The van der Waals surface area contributed by atoms with Crippen molar-refractivity contribution in [2.75, 3.05) is 26.3 Å². The SMILES string of the molecule is C.NCCCC(O)(P(=O)(O)O)P(=O)(O)O.O=P([O-])([O-])C(O)(CCCNC1OC(CO)C(O)C(O)C1O)P(=O)([O-])O.OCC1OC(O)C(O)C(O)C1O. The summed E-state index contributed by atoms with van der Waals surface area (Å²) in [7, 11) is -22.6. The molecular weight excluding hydrogens is 804 g/mol. The number of nitrogens with one attached hydrogen (secondary N) is 1. The quantitative estimate of drug-likeness (QED) is 0.0570. The first-order chi connectivity index (χ1) is 22.9. The van der Waals surface area contributed by atoms with E-state index >= 15 is 0 Å². The van der Waals surface area contributed by atoms with Gasteiger partial charge in [-0.1, -0.05) is 7.43 Å². The first-order valence-electron chi connectivity index (χ1n) is 14.2. The van der Waals surface area contributed by atoms with Crippen LogP contribution in [0.1, 0.15) is 33.1 Å². The largest absolute Gasteiger partial charge is 0.808 e. The molecule has 0 aromatic rings. The van der Waals surface area contributed by atoms with Crippen molar-refractivity contribution in [1.82, 2.24) is 5.32 Å². The highest BCUT2D eigenvalue weighted by Gasteiger charge is 2.58. The number of nitrogens with two attached hydrogens (primary N) is 1. The number of aliphatic hydroxyl groups excluding tert-OH is 9. The maximum absolute atomic E-state index is 11.0. The van der Waals surface area contributed by atoms with Gasteiger partial charge in [-0.05, 0) is 39.9 Å². The fourth-order valence-corrected chi connectivity index (χ4v) is 8.52. The molecule has 12 atom stereocenters. The van der Waals surface area contributed by atoms with Gasteiger partial charge in [0.25, 0.3) is 5.08 Å². The van der Waals surface area contributed by atoms with Crippen LogP contribution in [0.15, 0.2) is 0 Å². The van der Waals surface area contributed by atoms with Crippen LogP contribution in [0.25, 0.3) is 0 Å². The molecule has 2 aliphatic rings. The first-order valence-corrected chi connectivity index (χ1v) is 20.6. The third-order valence-electron chi connectivity index (χ3n) is 7.33. The number of rotatable bonds is 14. The molecule has 2 aliphatic heterocycles. The van der Waals surface area contributed by atoms with Crippen molar-refractivity contribution < 1.29 is 123 Å². The van der Waals surface area contributed by atoms with E-state index in [1.54, 1.807) is 0 Å². The van der Waals surface area contributed by atoms with Gasteiger partial charge in [-0.25, -0.2) is 0 Å². The topological polar surface area (TPSA) is 518 Å². The number of aliphatic hydroxyl groups is 11. The molecule has 2 rings (SSSR count). The van der Waals surface area contributed by atoms with Crippen molar-refractivity contribution >= 4 is 30.4 Å². The van der Waals surface area contributed by atoms with Gasteiger partial charge in [0.05, 0.1) is 13.2 Å². The van der Waals surface area contributed by atoms with E-state index in [1.807, 2.05) is 0 Å². The van der Waals surface area contributed by atoms with Gasteiger partial charge in [-0.3, -0.25) is 14.4 Å². The van der Waals surface area contributed by atoms with Crippen LogP contribution in [0.3, 0.4) is 0 Å². The smallest absolute Gasteiger partial charge is 0.369 e. The molecule has 52 heavy (non-hydrogen) atoms. The van der Waals surface area contributed by atoms with Gasteiger partial charge in [0.2, 0.25) is 0 Å². The van der Waals surface area contributed by atoms with Gasteiger partial charge < -0.3 is 120 Å². The van der Waals surface area contributed by atoms with Gasteiger partial charge in [0, 0.05) is 6.42 Å². The fraction of sp³-hybridized carbons (Fsp3) is 1.00. The Bertz CT molecular complexity index is 1190. The van der Waals surface area contributed by atoms with E-state index in [1.165, 1.54) is 0 Å². The van der Waals surface area contributed by atoms with Crippen molar-refractivity contribution in [1.29, 1.82) is 0 Å². The average molecular weight is 854 g/mol. The lowest BCUT2D eigenvalue weighted by Gasteiger charge is -2.50. The molecule has 0 spiro atoms. The van der Waals surface area contributed by atoms with Crippen LogP contribution >= 0.6 is 30.4 Å². The minimum absolute atomic E-state index is 0.